The van der Waals surface area contributed by atoms with Crippen LogP contribution in [0.2, 0.25) is 5.02 Å². The lowest BCUT2D eigenvalue weighted by Gasteiger charge is -2.17. The molecule has 2 rings (SSSR count). The van der Waals surface area contributed by atoms with E-state index < -0.39 is 0 Å². The van der Waals surface area contributed by atoms with Crippen LogP contribution in [0.25, 0.3) is 0 Å². The molecule has 2 aromatic rings. The number of rotatable bonds is 4. The molecule has 2 heterocycles. The van der Waals surface area contributed by atoms with Crippen LogP contribution in [0, 0.1) is 0 Å². The Hall–Kier alpha value is -0.900. The third-order valence-electron chi connectivity index (χ3n) is 2.78. The molecule has 0 aliphatic heterocycles. The molecule has 0 bridgehead atoms. The van der Waals surface area contributed by atoms with Gasteiger partial charge in [0, 0.05) is 11.1 Å². The van der Waals surface area contributed by atoms with Gasteiger partial charge in [-0.2, -0.15) is 0 Å². The van der Waals surface area contributed by atoms with Crippen molar-refractivity contribution in [3.05, 3.63) is 50.9 Å². The van der Waals surface area contributed by atoms with Crippen LogP contribution in [-0.4, -0.2) is 12.0 Å². The minimum atomic E-state index is 0.0821. The molecule has 4 heteroatoms. The summed E-state index contributed by atoms with van der Waals surface area (Å²) in [7, 11) is 1.94. The van der Waals surface area contributed by atoms with E-state index in [1.165, 1.54) is 5.56 Å². The lowest BCUT2D eigenvalue weighted by atomic mass is 10.0. The molecule has 1 unspecified atom stereocenters. The Morgan fingerprint density at radius 1 is 1.47 bits per heavy atom. The fourth-order valence-electron chi connectivity index (χ4n) is 1.91. The van der Waals surface area contributed by atoms with Gasteiger partial charge in [0.05, 0.1) is 16.8 Å². The first-order valence-corrected chi connectivity index (χ1v) is 6.87. The Bertz CT molecular complexity index is 496. The highest BCUT2D eigenvalue weighted by atomic mass is 35.5. The average Bonchev–Trinajstić information content (AvgIpc) is 2.78. The summed E-state index contributed by atoms with van der Waals surface area (Å²) in [5, 5.41) is 6.12. The Kier molecular flexibility index (Phi) is 4.15. The molecule has 0 saturated heterocycles. The fraction of sp³-hybridized carbons (Fsp3) is 0.308. The second kappa shape index (κ2) is 5.63. The summed E-state index contributed by atoms with van der Waals surface area (Å²) in [4.78, 5) is 5.63. The van der Waals surface area contributed by atoms with Crippen LogP contribution in [-0.2, 0) is 6.42 Å². The Balaban J connectivity index is 2.46. The van der Waals surface area contributed by atoms with E-state index in [1.807, 2.05) is 30.8 Å². The van der Waals surface area contributed by atoms with Crippen LogP contribution in [0.4, 0.5) is 0 Å². The first kappa shape index (κ1) is 12.6. The molecule has 0 saturated carbocycles. The second-order valence-electron chi connectivity index (χ2n) is 3.76. The minimum Gasteiger partial charge on any atom is -0.307 e. The van der Waals surface area contributed by atoms with Crippen molar-refractivity contribution in [2.75, 3.05) is 7.05 Å². The van der Waals surface area contributed by atoms with Gasteiger partial charge in [-0.1, -0.05) is 24.6 Å². The molecule has 0 aliphatic rings. The van der Waals surface area contributed by atoms with E-state index in [2.05, 4.69) is 23.3 Å². The molecule has 0 fully saturated rings. The summed E-state index contributed by atoms with van der Waals surface area (Å²) in [6, 6.07) is 6.11. The molecule has 1 atom stereocenters. The smallest absolute Gasteiger partial charge is 0.0860 e. The van der Waals surface area contributed by atoms with Gasteiger partial charge < -0.3 is 5.32 Å². The number of hydrogen-bond acceptors (Lipinski definition) is 3. The fourth-order valence-corrected chi connectivity index (χ4v) is 3.19. The molecule has 1 N–H and O–H groups in total. The number of nitrogens with zero attached hydrogens (tertiary/aromatic N) is 1. The van der Waals surface area contributed by atoms with E-state index >= 15 is 0 Å². The Morgan fingerprint density at radius 3 is 2.88 bits per heavy atom. The maximum absolute atomic E-state index is 6.20. The highest BCUT2D eigenvalue weighted by Gasteiger charge is 2.19. The number of aromatic nitrogens is 1. The van der Waals surface area contributed by atoms with Gasteiger partial charge in [-0.05, 0) is 36.5 Å². The quantitative estimate of drug-likeness (QED) is 0.913. The number of hydrogen-bond donors (Lipinski definition) is 1. The van der Waals surface area contributed by atoms with Crippen molar-refractivity contribution in [3.8, 4) is 0 Å². The maximum Gasteiger partial charge on any atom is 0.0860 e. The highest BCUT2D eigenvalue weighted by Crippen LogP contribution is 2.33. The normalized spacial score (nSPS) is 12.6. The molecule has 0 radical (unpaired) electrons. The van der Waals surface area contributed by atoms with Gasteiger partial charge in [0.2, 0.25) is 0 Å². The standard InChI is InChI=1S/C13H15ClN2S/c1-3-9-5-4-7-16-11(9)12(15-2)13-10(14)6-8-17-13/h4-8,12,15H,3H2,1-2H3. The number of thiophene rings is 1. The number of halogens is 1. The van der Waals surface area contributed by atoms with Crippen molar-refractivity contribution >= 4 is 22.9 Å². The molecule has 0 spiro atoms. The maximum atomic E-state index is 6.20. The van der Waals surface area contributed by atoms with Gasteiger partial charge in [-0.25, -0.2) is 0 Å². The molecule has 17 heavy (non-hydrogen) atoms. The number of aryl methyl sites for hydroxylation is 1. The minimum absolute atomic E-state index is 0.0821. The van der Waals surface area contributed by atoms with Crippen molar-refractivity contribution < 1.29 is 0 Å². The van der Waals surface area contributed by atoms with Crippen LogP contribution in [0.5, 0.6) is 0 Å². The van der Waals surface area contributed by atoms with Gasteiger partial charge in [-0.15, -0.1) is 11.3 Å². The molecule has 0 aromatic carbocycles. The predicted octanol–water partition coefficient (Wildman–Crippen LogP) is 3.67. The summed E-state index contributed by atoms with van der Waals surface area (Å²) in [6.45, 7) is 2.14. The zero-order valence-corrected chi connectivity index (χ0v) is 11.5. The molecule has 2 nitrogen and oxygen atoms in total. The van der Waals surface area contributed by atoms with Crippen molar-refractivity contribution in [2.45, 2.75) is 19.4 Å². The van der Waals surface area contributed by atoms with E-state index in [-0.39, 0.29) is 6.04 Å². The first-order chi connectivity index (χ1) is 8.27. The van der Waals surface area contributed by atoms with E-state index in [4.69, 9.17) is 11.6 Å². The summed E-state index contributed by atoms with van der Waals surface area (Å²) in [5.41, 5.74) is 2.33. The van der Waals surface area contributed by atoms with E-state index in [0.717, 1.165) is 22.0 Å². The Labute approximate surface area is 111 Å². The topological polar surface area (TPSA) is 24.9 Å². The van der Waals surface area contributed by atoms with Gasteiger partial charge in [0.1, 0.15) is 0 Å². The predicted molar refractivity (Wildman–Crippen MR) is 73.8 cm³/mol. The number of pyridine rings is 1. The molecule has 90 valence electrons. The van der Waals surface area contributed by atoms with Crippen molar-refractivity contribution in [1.82, 2.24) is 10.3 Å². The largest absolute Gasteiger partial charge is 0.307 e. The number of nitrogens with one attached hydrogen (secondary N) is 1. The SMILES string of the molecule is CCc1cccnc1C(NC)c1sccc1Cl. The second-order valence-corrected chi connectivity index (χ2v) is 5.11. The van der Waals surface area contributed by atoms with E-state index in [9.17, 15) is 0 Å². The van der Waals surface area contributed by atoms with Gasteiger partial charge in [0.15, 0.2) is 0 Å². The Morgan fingerprint density at radius 2 is 2.29 bits per heavy atom. The van der Waals surface area contributed by atoms with Crippen molar-refractivity contribution in [2.24, 2.45) is 0 Å². The van der Waals surface area contributed by atoms with Crippen LogP contribution >= 0.6 is 22.9 Å². The van der Waals surface area contributed by atoms with Crippen LogP contribution in [0.15, 0.2) is 29.8 Å². The van der Waals surface area contributed by atoms with Gasteiger partial charge in [0.25, 0.3) is 0 Å². The zero-order chi connectivity index (χ0) is 12.3. The first-order valence-electron chi connectivity index (χ1n) is 5.61. The molecular weight excluding hydrogens is 252 g/mol. The lowest BCUT2D eigenvalue weighted by Crippen LogP contribution is -2.19. The van der Waals surface area contributed by atoms with Crippen LogP contribution in [0.1, 0.15) is 29.1 Å². The third kappa shape index (κ3) is 2.51. The lowest BCUT2D eigenvalue weighted by molar-refractivity contribution is 0.673. The summed E-state index contributed by atoms with van der Waals surface area (Å²) < 4.78 is 0. The van der Waals surface area contributed by atoms with Crippen LogP contribution in [0.3, 0.4) is 0 Å². The van der Waals surface area contributed by atoms with Crippen molar-refractivity contribution in [3.63, 3.8) is 0 Å². The zero-order valence-electron chi connectivity index (χ0n) is 9.90. The molecule has 2 aromatic heterocycles. The van der Waals surface area contributed by atoms with E-state index in [1.54, 1.807) is 11.3 Å². The molecular formula is C13H15ClN2S. The molecule has 0 amide bonds. The third-order valence-corrected chi connectivity index (χ3v) is 4.20. The monoisotopic (exact) mass is 266 g/mol. The highest BCUT2D eigenvalue weighted by molar-refractivity contribution is 7.10. The molecule has 0 aliphatic carbocycles. The van der Waals surface area contributed by atoms with Crippen molar-refractivity contribution in [1.29, 1.82) is 0 Å². The van der Waals surface area contributed by atoms with Gasteiger partial charge >= 0.3 is 0 Å². The van der Waals surface area contributed by atoms with Gasteiger partial charge in [-0.3, -0.25) is 4.98 Å². The summed E-state index contributed by atoms with van der Waals surface area (Å²) >= 11 is 7.86. The van der Waals surface area contributed by atoms with E-state index in [0.29, 0.717) is 0 Å². The summed E-state index contributed by atoms with van der Waals surface area (Å²) in [5.74, 6) is 0. The summed E-state index contributed by atoms with van der Waals surface area (Å²) in [6.07, 6.45) is 2.81. The van der Waals surface area contributed by atoms with Crippen LogP contribution < -0.4 is 5.32 Å². The average molecular weight is 267 g/mol.